The standard InChI is InChI=1S/C14H12N2O4S/c1-9-2-5-11(12(17)8-9)15-13(18)6-3-10-4-7-14(21-10)16(19)20/h2-8,17H,1H3,(H,15,18)/b6-3+. The summed E-state index contributed by atoms with van der Waals surface area (Å²) in [7, 11) is 0. The topological polar surface area (TPSA) is 92.5 Å². The van der Waals surface area contributed by atoms with Crippen molar-refractivity contribution >= 4 is 34.0 Å². The Morgan fingerprint density at radius 3 is 2.76 bits per heavy atom. The predicted molar refractivity (Wildman–Crippen MR) is 81.5 cm³/mol. The summed E-state index contributed by atoms with van der Waals surface area (Å²) in [6.45, 7) is 1.83. The lowest BCUT2D eigenvalue weighted by Crippen LogP contribution is -2.07. The zero-order chi connectivity index (χ0) is 15.4. The second kappa shape index (κ2) is 6.19. The molecule has 0 bridgehead atoms. The zero-order valence-electron chi connectivity index (χ0n) is 11.1. The van der Waals surface area contributed by atoms with Crippen molar-refractivity contribution in [3.63, 3.8) is 0 Å². The Hall–Kier alpha value is -2.67. The molecule has 0 aliphatic rings. The van der Waals surface area contributed by atoms with Crippen LogP contribution in [0.4, 0.5) is 10.7 Å². The van der Waals surface area contributed by atoms with Gasteiger partial charge in [-0.3, -0.25) is 14.9 Å². The first-order valence-electron chi connectivity index (χ1n) is 5.98. The van der Waals surface area contributed by atoms with Gasteiger partial charge in [-0.05, 0) is 36.8 Å². The van der Waals surface area contributed by atoms with Crippen molar-refractivity contribution < 1.29 is 14.8 Å². The quantitative estimate of drug-likeness (QED) is 0.392. The number of benzene rings is 1. The summed E-state index contributed by atoms with van der Waals surface area (Å²) in [4.78, 5) is 22.4. The van der Waals surface area contributed by atoms with Crippen LogP contribution in [0.25, 0.3) is 6.08 Å². The number of anilines is 1. The zero-order valence-corrected chi connectivity index (χ0v) is 11.9. The van der Waals surface area contributed by atoms with Gasteiger partial charge in [0.15, 0.2) is 0 Å². The van der Waals surface area contributed by atoms with Crippen molar-refractivity contribution in [1.29, 1.82) is 0 Å². The monoisotopic (exact) mass is 304 g/mol. The van der Waals surface area contributed by atoms with Crippen molar-refractivity contribution in [2.45, 2.75) is 6.92 Å². The molecular weight excluding hydrogens is 292 g/mol. The molecule has 0 fully saturated rings. The lowest BCUT2D eigenvalue weighted by atomic mass is 10.2. The molecule has 0 aliphatic carbocycles. The molecule has 7 heteroatoms. The molecule has 0 spiro atoms. The van der Waals surface area contributed by atoms with E-state index >= 15 is 0 Å². The van der Waals surface area contributed by atoms with Crippen LogP contribution < -0.4 is 5.32 Å². The Bertz CT molecular complexity index is 722. The van der Waals surface area contributed by atoms with Gasteiger partial charge >= 0.3 is 5.00 Å². The molecule has 0 unspecified atom stereocenters. The number of hydrogen-bond acceptors (Lipinski definition) is 5. The smallest absolute Gasteiger partial charge is 0.324 e. The Morgan fingerprint density at radius 1 is 1.38 bits per heavy atom. The minimum Gasteiger partial charge on any atom is -0.506 e. The van der Waals surface area contributed by atoms with E-state index in [0.29, 0.717) is 10.6 Å². The number of phenols is 1. The van der Waals surface area contributed by atoms with E-state index in [1.807, 2.05) is 6.92 Å². The van der Waals surface area contributed by atoms with Gasteiger partial charge in [-0.1, -0.05) is 17.4 Å². The van der Waals surface area contributed by atoms with Crippen molar-refractivity contribution in [3.8, 4) is 5.75 Å². The molecule has 0 saturated carbocycles. The van der Waals surface area contributed by atoms with Gasteiger partial charge in [-0.2, -0.15) is 0 Å². The number of nitrogens with zero attached hydrogens (tertiary/aromatic N) is 1. The molecule has 2 aromatic rings. The number of nitro groups is 1. The maximum absolute atomic E-state index is 11.7. The highest BCUT2D eigenvalue weighted by molar-refractivity contribution is 7.16. The number of rotatable bonds is 4. The van der Waals surface area contributed by atoms with E-state index in [1.54, 1.807) is 24.3 Å². The highest BCUT2D eigenvalue weighted by Crippen LogP contribution is 2.26. The highest BCUT2D eigenvalue weighted by Gasteiger charge is 2.08. The SMILES string of the molecule is Cc1ccc(NC(=O)/C=C/c2ccc([N+](=O)[O-])s2)c(O)c1. The van der Waals surface area contributed by atoms with E-state index in [2.05, 4.69) is 5.32 Å². The molecule has 0 radical (unpaired) electrons. The van der Waals surface area contributed by atoms with Gasteiger partial charge in [0, 0.05) is 17.0 Å². The number of aromatic hydroxyl groups is 1. The lowest BCUT2D eigenvalue weighted by Gasteiger charge is -2.05. The first kappa shape index (κ1) is 14.7. The molecule has 108 valence electrons. The molecule has 6 nitrogen and oxygen atoms in total. The molecule has 0 atom stereocenters. The van der Waals surface area contributed by atoms with Crippen molar-refractivity contribution in [3.05, 3.63) is 57.0 Å². The number of carbonyl (C=O) groups is 1. The van der Waals surface area contributed by atoms with Gasteiger partial charge in [0.25, 0.3) is 0 Å². The van der Waals surface area contributed by atoms with Crippen molar-refractivity contribution in [2.24, 2.45) is 0 Å². The number of nitrogens with one attached hydrogen (secondary N) is 1. The van der Waals surface area contributed by atoms with Gasteiger partial charge < -0.3 is 10.4 Å². The summed E-state index contributed by atoms with van der Waals surface area (Å²) in [5, 5.41) is 22.8. The Morgan fingerprint density at radius 2 is 2.14 bits per heavy atom. The summed E-state index contributed by atoms with van der Waals surface area (Å²) >= 11 is 0.979. The number of amides is 1. The molecule has 1 heterocycles. The van der Waals surface area contributed by atoms with Crippen LogP contribution in [0.5, 0.6) is 5.75 Å². The molecule has 21 heavy (non-hydrogen) atoms. The number of carbonyl (C=O) groups excluding carboxylic acids is 1. The molecular formula is C14H12N2O4S. The van der Waals surface area contributed by atoms with Crippen molar-refractivity contribution in [2.75, 3.05) is 5.32 Å². The van der Waals surface area contributed by atoms with Crippen LogP contribution in [0.1, 0.15) is 10.4 Å². The first-order valence-corrected chi connectivity index (χ1v) is 6.80. The minimum absolute atomic E-state index is 0.0106. The fraction of sp³-hybridized carbons (Fsp3) is 0.0714. The van der Waals surface area contributed by atoms with Crippen LogP contribution in [-0.4, -0.2) is 15.9 Å². The van der Waals surface area contributed by atoms with Gasteiger partial charge in [-0.15, -0.1) is 0 Å². The van der Waals surface area contributed by atoms with Gasteiger partial charge in [0.05, 0.1) is 10.6 Å². The van der Waals surface area contributed by atoms with Crippen LogP contribution in [0.15, 0.2) is 36.4 Å². The molecule has 2 rings (SSSR count). The normalized spacial score (nSPS) is 10.7. The third-order valence-corrected chi connectivity index (χ3v) is 3.60. The molecule has 1 aromatic heterocycles. The summed E-state index contributed by atoms with van der Waals surface area (Å²) < 4.78 is 0. The van der Waals surface area contributed by atoms with E-state index in [4.69, 9.17) is 0 Å². The fourth-order valence-corrected chi connectivity index (χ4v) is 2.33. The second-order valence-corrected chi connectivity index (χ2v) is 5.37. The summed E-state index contributed by atoms with van der Waals surface area (Å²) in [5.74, 6) is -0.436. The maximum atomic E-state index is 11.7. The summed E-state index contributed by atoms with van der Waals surface area (Å²) in [6.07, 6.45) is 2.74. The van der Waals surface area contributed by atoms with E-state index < -0.39 is 10.8 Å². The van der Waals surface area contributed by atoms with Gasteiger partial charge in [0.2, 0.25) is 5.91 Å². The van der Waals surface area contributed by atoms with Crippen LogP contribution in [0.2, 0.25) is 0 Å². The van der Waals surface area contributed by atoms with E-state index in [1.165, 1.54) is 18.2 Å². The minimum atomic E-state index is -0.480. The van der Waals surface area contributed by atoms with Crippen LogP contribution >= 0.6 is 11.3 Å². The Balaban J connectivity index is 2.03. The number of thiophene rings is 1. The van der Waals surface area contributed by atoms with Gasteiger partial charge in [-0.25, -0.2) is 0 Å². The average molecular weight is 304 g/mol. The highest BCUT2D eigenvalue weighted by atomic mass is 32.1. The van der Waals surface area contributed by atoms with E-state index in [-0.39, 0.29) is 10.8 Å². The summed E-state index contributed by atoms with van der Waals surface area (Å²) in [6, 6.07) is 7.86. The molecule has 1 aromatic carbocycles. The van der Waals surface area contributed by atoms with E-state index in [0.717, 1.165) is 16.9 Å². The third-order valence-electron chi connectivity index (χ3n) is 2.60. The van der Waals surface area contributed by atoms with Crippen molar-refractivity contribution in [1.82, 2.24) is 0 Å². The largest absolute Gasteiger partial charge is 0.506 e. The number of phenolic OH excluding ortho intramolecular Hbond substituents is 1. The molecule has 0 aliphatic heterocycles. The van der Waals surface area contributed by atoms with Crippen LogP contribution in [0, 0.1) is 17.0 Å². The molecule has 1 amide bonds. The first-order chi connectivity index (χ1) is 9.95. The third kappa shape index (κ3) is 3.90. The lowest BCUT2D eigenvalue weighted by molar-refractivity contribution is -0.380. The van der Waals surface area contributed by atoms with E-state index in [9.17, 15) is 20.0 Å². The second-order valence-electron chi connectivity index (χ2n) is 4.28. The van der Waals surface area contributed by atoms with Crippen LogP contribution in [-0.2, 0) is 4.79 Å². The average Bonchev–Trinajstić information content (AvgIpc) is 2.89. The van der Waals surface area contributed by atoms with Gasteiger partial charge in [0.1, 0.15) is 5.75 Å². The Kier molecular flexibility index (Phi) is 4.34. The van der Waals surface area contributed by atoms with Crippen LogP contribution in [0.3, 0.4) is 0 Å². The Labute approximate surface area is 124 Å². The fourth-order valence-electron chi connectivity index (χ4n) is 1.61. The number of aryl methyl sites for hydroxylation is 1. The number of hydrogen-bond donors (Lipinski definition) is 2. The predicted octanol–water partition coefficient (Wildman–Crippen LogP) is 3.32. The summed E-state index contributed by atoms with van der Waals surface area (Å²) in [5.41, 5.74) is 1.19. The molecule has 2 N–H and O–H groups in total. The maximum Gasteiger partial charge on any atom is 0.324 e. The molecule has 0 saturated heterocycles.